The van der Waals surface area contributed by atoms with E-state index in [2.05, 4.69) is 61.4 Å². The molecule has 7 rings (SSSR count). The molecule has 40 heavy (non-hydrogen) atoms. The zero-order valence-electron chi connectivity index (χ0n) is 22.6. The van der Waals surface area contributed by atoms with Crippen molar-refractivity contribution >= 4 is 28.7 Å². The number of fused-ring (bicyclic) bond motifs is 6. The van der Waals surface area contributed by atoms with Crippen molar-refractivity contribution in [3.8, 4) is 11.5 Å². The molecule has 0 aromatic heterocycles. The van der Waals surface area contributed by atoms with Gasteiger partial charge in [0.1, 0.15) is 11.5 Å². The number of benzene rings is 5. The van der Waals surface area contributed by atoms with Gasteiger partial charge in [-0.25, -0.2) is 4.79 Å². The van der Waals surface area contributed by atoms with Gasteiger partial charge < -0.3 is 19.7 Å². The summed E-state index contributed by atoms with van der Waals surface area (Å²) in [5.74, 6) is 1.01. The van der Waals surface area contributed by atoms with Gasteiger partial charge in [0.15, 0.2) is 5.60 Å². The third kappa shape index (κ3) is 3.51. The number of ether oxygens (including phenoxy) is 2. The van der Waals surface area contributed by atoms with Crippen LogP contribution in [0, 0.1) is 13.8 Å². The van der Waals surface area contributed by atoms with Gasteiger partial charge in [-0.05, 0) is 67.4 Å². The van der Waals surface area contributed by atoms with Gasteiger partial charge in [-0.1, -0.05) is 60.7 Å². The summed E-state index contributed by atoms with van der Waals surface area (Å²) in [5, 5.41) is 3.63. The van der Waals surface area contributed by atoms with E-state index in [1.54, 1.807) is 0 Å². The number of nitrogens with zero attached hydrogens (tertiary/aromatic N) is 1. The second-order valence-corrected chi connectivity index (χ2v) is 10.3. The van der Waals surface area contributed by atoms with Crippen LogP contribution in [0.15, 0.2) is 109 Å². The number of rotatable bonds is 4. The lowest BCUT2D eigenvalue weighted by Gasteiger charge is -2.37. The summed E-state index contributed by atoms with van der Waals surface area (Å²) in [6.07, 6.45) is 0. The molecule has 0 bridgehead atoms. The van der Waals surface area contributed by atoms with Crippen LogP contribution in [0.2, 0.25) is 0 Å². The van der Waals surface area contributed by atoms with E-state index in [9.17, 15) is 4.79 Å². The van der Waals surface area contributed by atoms with Crippen LogP contribution in [-0.2, 0) is 10.3 Å². The summed E-state index contributed by atoms with van der Waals surface area (Å²) in [4.78, 5) is 15.2. The van der Waals surface area contributed by atoms with E-state index in [1.807, 2.05) is 78.9 Å². The Balaban J connectivity index is 1.36. The third-order valence-corrected chi connectivity index (χ3v) is 8.11. The summed E-state index contributed by atoms with van der Waals surface area (Å²) in [5.41, 5.74) is 8.45. The fraction of sp³-hybridized carbons (Fsp3) is 0.114. The largest absolute Gasteiger partial charge is 0.456 e. The Bertz CT molecular complexity index is 1800. The fourth-order valence-electron chi connectivity index (χ4n) is 5.87. The Labute approximate surface area is 233 Å². The van der Waals surface area contributed by atoms with Crippen molar-refractivity contribution in [1.82, 2.24) is 0 Å². The van der Waals surface area contributed by atoms with Gasteiger partial charge in [-0.15, -0.1) is 0 Å². The number of nitrogens with one attached hydrogen (secondary N) is 1. The quantitative estimate of drug-likeness (QED) is 0.239. The van der Waals surface area contributed by atoms with Gasteiger partial charge in [0.2, 0.25) is 0 Å². The molecular formula is C35H28N2O3. The van der Waals surface area contributed by atoms with Crippen molar-refractivity contribution in [3.05, 3.63) is 143 Å². The van der Waals surface area contributed by atoms with E-state index >= 15 is 0 Å². The predicted molar refractivity (Wildman–Crippen MR) is 158 cm³/mol. The fourth-order valence-corrected chi connectivity index (χ4v) is 5.87. The first-order valence-electron chi connectivity index (χ1n) is 13.4. The first kappa shape index (κ1) is 24.0. The van der Waals surface area contributed by atoms with Gasteiger partial charge in [0.05, 0.1) is 16.9 Å². The molecule has 5 nitrogen and oxygen atoms in total. The SMILES string of the molecule is Cc1ccc(N(C)c2ccc3c(c2)Oc2ccccc2C32OC(=O)c3ccccc32)c(Nc2ccccc2)c1C. The van der Waals surface area contributed by atoms with Gasteiger partial charge >= 0.3 is 5.97 Å². The average molecular weight is 525 g/mol. The van der Waals surface area contributed by atoms with E-state index < -0.39 is 5.60 Å². The number of carbonyl (C=O) groups is 1. The molecule has 0 aliphatic carbocycles. The second kappa shape index (κ2) is 9.02. The van der Waals surface area contributed by atoms with Gasteiger partial charge in [-0.2, -0.15) is 0 Å². The maximum absolute atomic E-state index is 13.1. The maximum atomic E-state index is 13.1. The van der Waals surface area contributed by atoms with Crippen LogP contribution in [0.3, 0.4) is 0 Å². The Hall–Kier alpha value is -5.03. The highest BCUT2D eigenvalue weighted by Gasteiger charge is 2.53. The van der Waals surface area contributed by atoms with Crippen molar-refractivity contribution in [2.45, 2.75) is 19.4 Å². The molecular weight excluding hydrogens is 496 g/mol. The molecule has 0 radical (unpaired) electrons. The lowest BCUT2D eigenvalue weighted by atomic mass is 9.77. The molecule has 5 aromatic rings. The molecule has 2 heterocycles. The van der Waals surface area contributed by atoms with Crippen LogP contribution < -0.4 is 15.0 Å². The van der Waals surface area contributed by atoms with E-state index in [0.717, 1.165) is 39.4 Å². The number of para-hydroxylation sites is 2. The molecule has 2 aliphatic heterocycles. The number of esters is 1. The first-order valence-corrected chi connectivity index (χ1v) is 13.4. The van der Waals surface area contributed by atoms with Crippen LogP contribution in [0.5, 0.6) is 11.5 Å². The minimum absolute atomic E-state index is 0.328. The van der Waals surface area contributed by atoms with Crippen LogP contribution in [0.25, 0.3) is 0 Å². The Morgan fingerprint density at radius 3 is 2.25 bits per heavy atom. The normalized spacial score (nSPS) is 16.4. The molecule has 196 valence electrons. The Morgan fingerprint density at radius 1 is 0.725 bits per heavy atom. The molecule has 2 aliphatic rings. The zero-order chi connectivity index (χ0) is 27.4. The molecule has 5 heteroatoms. The van der Waals surface area contributed by atoms with Gasteiger partial charge in [0.25, 0.3) is 0 Å². The van der Waals surface area contributed by atoms with E-state index in [1.165, 1.54) is 11.1 Å². The van der Waals surface area contributed by atoms with Gasteiger partial charge in [0, 0.05) is 41.2 Å². The molecule has 0 saturated carbocycles. The van der Waals surface area contributed by atoms with E-state index in [-0.39, 0.29) is 5.97 Å². The molecule has 1 atom stereocenters. The minimum Gasteiger partial charge on any atom is -0.456 e. The zero-order valence-corrected chi connectivity index (χ0v) is 22.6. The van der Waals surface area contributed by atoms with Crippen molar-refractivity contribution in [2.24, 2.45) is 0 Å². The summed E-state index contributed by atoms with van der Waals surface area (Å²) < 4.78 is 12.7. The van der Waals surface area contributed by atoms with Crippen LogP contribution >= 0.6 is 0 Å². The van der Waals surface area contributed by atoms with E-state index in [0.29, 0.717) is 17.1 Å². The highest BCUT2D eigenvalue weighted by atomic mass is 16.6. The molecule has 1 spiro atoms. The number of hydrogen-bond donors (Lipinski definition) is 1. The molecule has 1 unspecified atom stereocenters. The molecule has 5 aromatic carbocycles. The number of anilines is 4. The van der Waals surface area contributed by atoms with Crippen molar-refractivity contribution < 1.29 is 14.3 Å². The highest BCUT2D eigenvalue weighted by Crippen LogP contribution is 2.56. The van der Waals surface area contributed by atoms with Crippen molar-refractivity contribution in [2.75, 3.05) is 17.3 Å². The molecule has 1 N–H and O–H groups in total. The van der Waals surface area contributed by atoms with Crippen LogP contribution in [-0.4, -0.2) is 13.0 Å². The average Bonchev–Trinajstić information content (AvgIpc) is 3.28. The third-order valence-electron chi connectivity index (χ3n) is 8.11. The Morgan fingerprint density at radius 2 is 1.43 bits per heavy atom. The Kier molecular flexibility index (Phi) is 5.42. The van der Waals surface area contributed by atoms with Crippen molar-refractivity contribution in [1.29, 1.82) is 0 Å². The summed E-state index contributed by atoms with van der Waals surface area (Å²) >= 11 is 0. The second-order valence-electron chi connectivity index (χ2n) is 10.3. The lowest BCUT2D eigenvalue weighted by Crippen LogP contribution is -2.33. The molecule has 0 fully saturated rings. The first-order chi connectivity index (χ1) is 19.5. The molecule has 0 saturated heterocycles. The smallest absolute Gasteiger partial charge is 0.340 e. The van der Waals surface area contributed by atoms with Gasteiger partial charge in [-0.3, -0.25) is 0 Å². The monoisotopic (exact) mass is 524 g/mol. The number of carbonyl (C=O) groups excluding carboxylic acids is 1. The maximum Gasteiger partial charge on any atom is 0.340 e. The highest BCUT2D eigenvalue weighted by molar-refractivity contribution is 5.97. The van der Waals surface area contributed by atoms with Crippen LogP contribution in [0.1, 0.15) is 38.2 Å². The number of aryl methyl sites for hydroxylation is 1. The summed E-state index contributed by atoms with van der Waals surface area (Å²) in [6.45, 7) is 4.26. The van der Waals surface area contributed by atoms with E-state index in [4.69, 9.17) is 9.47 Å². The molecule has 0 amide bonds. The topological polar surface area (TPSA) is 50.8 Å². The number of hydrogen-bond acceptors (Lipinski definition) is 5. The van der Waals surface area contributed by atoms with Crippen molar-refractivity contribution in [3.63, 3.8) is 0 Å². The lowest BCUT2D eigenvalue weighted by molar-refractivity contribution is 0.0224. The standard InChI is InChI=1S/C35H28N2O3/c1-22-17-20-30(33(23(22)2)36-24-11-5-4-6-12-24)37(3)25-18-19-29-32(21-25)39-31-16-10-9-15-28(31)35(29)27-14-8-7-13-26(27)34(38)40-35/h4-21,36H,1-3H3. The predicted octanol–water partition coefficient (Wildman–Crippen LogP) is 8.38. The minimum atomic E-state index is -1.06. The van der Waals surface area contributed by atoms with Crippen LogP contribution in [0.4, 0.5) is 22.7 Å². The summed E-state index contributed by atoms with van der Waals surface area (Å²) in [7, 11) is 2.06. The summed E-state index contributed by atoms with van der Waals surface area (Å²) in [6, 6.07) is 36.0.